The highest BCUT2D eigenvalue weighted by Gasteiger charge is 2.36. The van der Waals surface area contributed by atoms with Gasteiger partial charge in [-0.05, 0) is 24.6 Å². The lowest BCUT2D eigenvalue weighted by Gasteiger charge is -2.17. The van der Waals surface area contributed by atoms with Gasteiger partial charge in [-0.1, -0.05) is 11.6 Å². The molecular formula is C14H15ClN2O6S2. The molecule has 0 aromatic heterocycles. The molecule has 0 bridgehead atoms. The van der Waals surface area contributed by atoms with E-state index in [4.69, 9.17) is 11.6 Å². The van der Waals surface area contributed by atoms with E-state index in [1.165, 1.54) is 18.2 Å². The summed E-state index contributed by atoms with van der Waals surface area (Å²) in [6, 6.07) is 3.40. The molecule has 8 nitrogen and oxygen atoms in total. The number of sulfone groups is 1. The molecule has 0 spiro atoms. The summed E-state index contributed by atoms with van der Waals surface area (Å²) in [6.07, 6.45) is 0.239. The molecule has 25 heavy (non-hydrogen) atoms. The molecule has 3 rings (SSSR count). The van der Waals surface area contributed by atoms with Gasteiger partial charge >= 0.3 is 0 Å². The summed E-state index contributed by atoms with van der Waals surface area (Å²) in [7, 11) is -6.84. The number of hydrogen-bond acceptors (Lipinski definition) is 6. The van der Waals surface area contributed by atoms with E-state index in [0.717, 1.165) is 0 Å². The zero-order valence-electron chi connectivity index (χ0n) is 12.9. The minimum absolute atomic E-state index is 0.0224. The van der Waals surface area contributed by atoms with Crippen molar-refractivity contribution in [2.75, 3.05) is 21.6 Å². The fourth-order valence-electron chi connectivity index (χ4n) is 2.86. The summed E-state index contributed by atoms with van der Waals surface area (Å²) < 4.78 is 47.4. The van der Waals surface area contributed by atoms with Gasteiger partial charge in [-0.25, -0.2) is 21.1 Å². The predicted octanol–water partition coefficient (Wildman–Crippen LogP) is 0.323. The zero-order valence-corrected chi connectivity index (χ0v) is 15.3. The van der Waals surface area contributed by atoms with Gasteiger partial charge < -0.3 is 5.32 Å². The van der Waals surface area contributed by atoms with Crippen LogP contribution in [0.2, 0.25) is 5.02 Å². The van der Waals surface area contributed by atoms with Crippen LogP contribution in [0.3, 0.4) is 0 Å². The second-order valence-corrected chi connectivity index (χ2v) is 10.5. The minimum Gasteiger partial charge on any atom is -0.348 e. The van der Waals surface area contributed by atoms with Crippen molar-refractivity contribution in [3.63, 3.8) is 0 Å². The Morgan fingerprint density at radius 2 is 1.92 bits per heavy atom. The summed E-state index contributed by atoms with van der Waals surface area (Å²) in [6.45, 7) is 0. The lowest BCUT2D eigenvalue weighted by atomic mass is 10.1. The van der Waals surface area contributed by atoms with Crippen molar-refractivity contribution in [2.24, 2.45) is 0 Å². The lowest BCUT2D eigenvalue weighted by Crippen LogP contribution is -2.35. The van der Waals surface area contributed by atoms with Gasteiger partial charge in [-0.15, -0.1) is 0 Å². The van der Waals surface area contributed by atoms with Crippen LogP contribution in [-0.2, 0) is 24.7 Å². The average Bonchev–Trinajstić information content (AvgIpc) is 2.97. The Labute approximate surface area is 150 Å². The van der Waals surface area contributed by atoms with Gasteiger partial charge in [0.1, 0.15) is 0 Å². The molecule has 2 saturated heterocycles. The van der Waals surface area contributed by atoms with E-state index < -0.39 is 37.7 Å². The molecule has 2 fully saturated rings. The zero-order chi connectivity index (χ0) is 18.4. The first-order chi connectivity index (χ1) is 11.6. The van der Waals surface area contributed by atoms with Gasteiger partial charge in [-0.3, -0.25) is 9.59 Å². The monoisotopic (exact) mass is 406 g/mol. The molecule has 0 unspecified atom stereocenters. The topological polar surface area (TPSA) is 118 Å². The molecular weight excluding hydrogens is 392 g/mol. The first-order valence-electron chi connectivity index (χ1n) is 7.46. The van der Waals surface area contributed by atoms with E-state index in [-0.39, 0.29) is 40.0 Å². The number of rotatable bonds is 3. The summed E-state index contributed by atoms with van der Waals surface area (Å²) in [4.78, 5) is 24.0. The molecule has 2 aliphatic heterocycles. The number of amides is 2. The number of sulfonamides is 1. The Kier molecular flexibility index (Phi) is 4.54. The van der Waals surface area contributed by atoms with Crippen molar-refractivity contribution in [1.29, 1.82) is 0 Å². The molecule has 2 amide bonds. The quantitative estimate of drug-likeness (QED) is 0.772. The average molecular weight is 407 g/mol. The van der Waals surface area contributed by atoms with Crippen molar-refractivity contribution in [3.8, 4) is 0 Å². The highest BCUT2D eigenvalue weighted by atomic mass is 35.5. The molecule has 0 saturated carbocycles. The molecule has 136 valence electrons. The van der Waals surface area contributed by atoms with Crippen LogP contribution in [0.4, 0.5) is 5.69 Å². The van der Waals surface area contributed by atoms with E-state index in [2.05, 4.69) is 5.32 Å². The minimum atomic E-state index is -3.71. The number of anilines is 1. The maximum atomic E-state index is 12.3. The first-order valence-corrected chi connectivity index (χ1v) is 11.3. The van der Waals surface area contributed by atoms with Gasteiger partial charge in [0, 0.05) is 12.5 Å². The van der Waals surface area contributed by atoms with Crippen molar-refractivity contribution < 1.29 is 26.4 Å². The van der Waals surface area contributed by atoms with E-state index in [9.17, 15) is 26.4 Å². The van der Waals surface area contributed by atoms with Crippen LogP contribution < -0.4 is 9.62 Å². The third kappa shape index (κ3) is 3.65. The van der Waals surface area contributed by atoms with Gasteiger partial charge in [0.15, 0.2) is 9.84 Å². The predicted molar refractivity (Wildman–Crippen MR) is 91.9 cm³/mol. The van der Waals surface area contributed by atoms with Crippen LogP contribution in [0.25, 0.3) is 0 Å². The SMILES string of the molecule is O=C(N[C@H]1CCS(=O)(=O)C1)c1ccc(N2C(=O)CCS2(=O)=O)cc1Cl. The largest absolute Gasteiger partial charge is 0.348 e. The van der Waals surface area contributed by atoms with E-state index in [1.807, 2.05) is 0 Å². The van der Waals surface area contributed by atoms with E-state index in [0.29, 0.717) is 10.7 Å². The van der Waals surface area contributed by atoms with E-state index in [1.54, 1.807) is 0 Å². The van der Waals surface area contributed by atoms with Crippen LogP contribution in [0.5, 0.6) is 0 Å². The molecule has 11 heteroatoms. The number of carbonyl (C=O) groups excluding carboxylic acids is 2. The van der Waals surface area contributed by atoms with Crippen LogP contribution in [-0.4, -0.2) is 52.0 Å². The number of nitrogens with one attached hydrogen (secondary N) is 1. The number of halogens is 1. The van der Waals surface area contributed by atoms with Gasteiger partial charge in [-0.2, -0.15) is 0 Å². The van der Waals surface area contributed by atoms with Crippen molar-refractivity contribution in [2.45, 2.75) is 18.9 Å². The van der Waals surface area contributed by atoms with E-state index >= 15 is 0 Å². The van der Waals surface area contributed by atoms with Crippen LogP contribution in [0.1, 0.15) is 23.2 Å². The van der Waals surface area contributed by atoms with Crippen LogP contribution in [0, 0.1) is 0 Å². The highest BCUT2D eigenvalue weighted by molar-refractivity contribution is 7.94. The molecule has 0 aliphatic carbocycles. The lowest BCUT2D eigenvalue weighted by molar-refractivity contribution is -0.116. The molecule has 1 N–H and O–H groups in total. The Balaban J connectivity index is 1.81. The fraction of sp³-hybridized carbons (Fsp3) is 0.429. The Morgan fingerprint density at radius 1 is 1.20 bits per heavy atom. The second kappa shape index (κ2) is 6.26. The van der Waals surface area contributed by atoms with Crippen molar-refractivity contribution in [1.82, 2.24) is 5.32 Å². The summed E-state index contributed by atoms with van der Waals surface area (Å²) >= 11 is 6.07. The van der Waals surface area contributed by atoms with Gasteiger partial charge in [0.05, 0.1) is 33.5 Å². The number of hydrogen-bond donors (Lipinski definition) is 1. The molecule has 1 aromatic rings. The maximum Gasteiger partial charge on any atom is 0.253 e. The second-order valence-electron chi connectivity index (χ2n) is 5.96. The van der Waals surface area contributed by atoms with Crippen molar-refractivity contribution in [3.05, 3.63) is 28.8 Å². The maximum absolute atomic E-state index is 12.3. The molecule has 1 aromatic carbocycles. The van der Waals surface area contributed by atoms with Gasteiger partial charge in [0.2, 0.25) is 15.9 Å². The Bertz CT molecular complexity index is 958. The third-order valence-corrected chi connectivity index (χ3v) is 7.85. The number of nitrogens with zero attached hydrogens (tertiary/aromatic N) is 1. The summed E-state index contributed by atoms with van der Waals surface area (Å²) in [5.41, 5.74) is 0.159. The molecule has 2 heterocycles. The normalized spacial score (nSPS) is 24.4. The van der Waals surface area contributed by atoms with Crippen molar-refractivity contribution >= 4 is 49.0 Å². The summed E-state index contributed by atoms with van der Waals surface area (Å²) in [5, 5.41) is 2.58. The van der Waals surface area contributed by atoms with Crippen LogP contribution >= 0.6 is 11.6 Å². The number of carbonyl (C=O) groups is 2. The fourth-order valence-corrected chi connectivity index (χ4v) is 6.24. The highest BCUT2D eigenvalue weighted by Crippen LogP contribution is 2.29. The first kappa shape index (κ1) is 18.2. The molecule has 0 radical (unpaired) electrons. The Morgan fingerprint density at radius 3 is 2.44 bits per heavy atom. The Hall–Kier alpha value is -1.65. The summed E-state index contributed by atoms with van der Waals surface area (Å²) in [5.74, 6) is -1.45. The van der Waals surface area contributed by atoms with Gasteiger partial charge in [0.25, 0.3) is 5.91 Å². The number of benzene rings is 1. The molecule has 1 atom stereocenters. The van der Waals surface area contributed by atoms with Crippen LogP contribution in [0.15, 0.2) is 18.2 Å². The third-order valence-electron chi connectivity index (χ3n) is 4.08. The smallest absolute Gasteiger partial charge is 0.253 e. The molecule has 2 aliphatic rings. The standard InChI is InChI=1S/C14H15ClN2O6S2/c15-12-7-10(17-13(18)4-6-25(17,22)23)1-2-11(12)14(19)16-9-3-5-24(20,21)8-9/h1-2,7,9H,3-6,8H2,(H,16,19)/t9-/m0/s1.